The van der Waals surface area contributed by atoms with E-state index in [2.05, 4.69) is 0 Å². The van der Waals surface area contributed by atoms with Gasteiger partial charge in [-0.05, 0) is 0 Å². The molecule has 2 nitrogen and oxygen atoms in total. The van der Waals surface area contributed by atoms with Crippen LogP contribution in [0, 0.1) is 0 Å². The van der Waals surface area contributed by atoms with Crippen LogP contribution in [-0.4, -0.2) is 32.8 Å². The van der Waals surface area contributed by atoms with Crippen LogP contribution in [0.4, 0.5) is 0 Å². The predicted molar refractivity (Wildman–Crippen MR) is 68.2 cm³/mol. The second-order valence-corrected chi connectivity index (χ2v) is 20.7. The Morgan fingerprint density at radius 1 is 1.47 bits per heavy atom. The summed E-state index contributed by atoms with van der Waals surface area (Å²) in [6, 6.07) is 0. The van der Waals surface area contributed by atoms with Gasteiger partial charge in [0.2, 0.25) is 0 Å². The molecule has 0 fully saturated rings. The predicted octanol–water partition coefficient (Wildman–Crippen LogP) is 3.76. The summed E-state index contributed by atoms with van der Waals surface area (Å²) in [6.07, 6.45) is 2.34. The minimum absolute atomic E-state index is 0.129. The molecule has 7 heteroatoms. The quantitative estimate of drug-likeness (QED) is 0.299. The van der Waals surface area contributed by atoms with E-state index in [0.29, 0.717) is 0 Å². The third-order valence-corrected chi connectivity index (χ3v) is 10.9. The topological polar surface area (TPSA) is 26.3 Å². The van der Waals surface area contributed by atoms with Crippen molar-refractivity contribution < 1.29 is 9.53 Å². The molecule has 15 heavy (non-hydrogen) atoms. The van der Waals surface area contributed by atoms with Gasteiger partial charge in [-0.3, -0.25) is 0 Å². The molecule has 0 aromatic carbocycles. The van der Waals surface area contributed by atoms with Crippen molar-refractivity contribution in [2.75, 3.05) is 5.88 Å². The van der Waals surface area contributed by atoms with E-state index in [9.17, 15) is 4.79 Å². The molecule has 0 aliphatic carbocycles. The Balaban J connectivity index is 4.44. The van der Waals surface area contributed by atoms with Crippen molar-refractivity contribution in [2.24, 2.45) is 0 Å². The summed E-state index contributed by atoms with van der Waals surface area (Å²) in [5, 5.41) is 0. The number of alkyl halides is 1. The molecule has 0 saturated heterocycles. The van der Waals surface area contributed by atoms with E-state index in [1.54, 1.807) is 19.9 Å². The number of carbonyl (C=O) groups is 1. The van der Waals surface area contributed by atoms with Crippen molar-refractivity contribution in [3.63, 3.8) is 0 Å². The first-order valence-corrected chi connectivity index (χ1v) is 14.9. The van der Waals surface area contributed by atoms with Gasteiger partial charge in [0, 0.05) is 0 Å². The third kappa shape index (κ3) is 6.46. The standard InChI is InChI=1S/C8H12Cl4O2Te/c1-3-4-8(13)14-7(5-9)6(2)15(10,11)12/h3-4,6-7H,5H2,1-2H3/b4-3+/t6-,7+/m0/s1. The molecule has 0 N–H and O–H groups in total. The van der Waals surface area contributed by atoms with E-state index in [4.69, 9.17) is 43.2 Å². The average molecular weight is 410 g/mol. The van der Waals surface area contributed by atoms with Crippen molar-refractivity contribution in [1.82, 2.24) is 0 Å². The van der Waals surface area contributed by atoms with E-state index < -0.39 is 26.9 Å². The fraction of sp³-hybridized carbons (Fsp3) is 0.625. The Labute approximate surface area is 110 Å². The number of ether oxygens (including phenoxy) is 1. The van der Waals surface area contributed by atoms with Gasteiger partial charge < -0.3 is 0 Å². The molecule has 0 aromatic heterocycles. The van der Waals surface area contributed by atoms with Gasteiger partial charge in [-0.25, -0.2) is 0 Å². The fourth-order valence-electron chi connectivity index (χ4n) is 0.749. The Bertz CT molecular complexity index is 239. The molecule has 0 bridgehead atoms. The molecule has 0 amide bonds. The molecule has 2 atom stereocenters. The minimum atomic E-state index is -3.42. The van der Waals surface area contributed by atoms with Crippen molar-refractivity contribution in [2.45, 2.75) is 23.9 Å². The summed E-state index contributed by atoms with van der Waals surface area (Å²) in [6.45, 7) is 3.46. The van der Waals surface area contributed by atoms with Crippen LogP contribution < -0.4 is 0 Å². The van der Waals surface area contributed by atoms with Crippen molar-refractivity contribution in [1.29, 1.82) is 0 Å². The summed E-state index contributed by atoms with van der Waals surface area (Å²) in [7, 11) is 17.6. The Morgan fingerprint density at radius 2 is 2.00 bits per heavy atom. The van der Waals surface area contributed by atoms with Crippen LogP contribution in [0.3, 0.4) is 0 Å². The van der Waals surface area contributed by atoms with Crippen LogP contribution in [0.2, 0.25) is 3.97 Å². The number of halogens is 4. The zero-order valence-electron chi connectivity index (χ0n) is 8.25. The Kier molecular flexibility index (Phi) is 8.06. The summed E-state index contributed by atoms with van der Waals surface area (Å²) < 4.78 is 4.78. The van der Waals surface area contributed by atoms with Crippen molar-refractivity contribution >= 4 is 59.3 Å². The third-order valence-electron chi connectivity index (χ3n) is 1.67. The molecule has 0 aliphatic rings. The number of esters is 1. The first-order valence-electron chi connectivity index (χ1n) is 4.13. The summed E-state index contributed by atoms with van der Waals surface area (Å²) in [5.41, 5.74) is 0. The van der Waals surface area contributed by atoms with Crippen LogP contribution in [0.1, 0.15) is 13.8 Å². The van der Waals surface area contributed by atoms with Gasteiger partial charge in [-0.2, -0.15) is 0 Å². The van der Waals surface area contributed by atoms with Gasteiger partial charge in [0.1, 0.15) is 0 Å². The van der Waals surface area contributed by atoms with Gasteiger partial charge in [-0.15, -0.1) is 0 Å². The van der Waals surface area contributed by atoms with Crippen LogP contribution >= 0.6 is 38.5 Å². The molecule has 0 spiro atoms. The van der Waals surface area contributed by atoms with Crippen molar-refractivity contribution in [3.8, 4) is 0 Å². The first-order chi connectivity index (χ1) is 6.82. The number of allylic oxidation sites excluding steroid dienone is 1. The monoisotopic (exact) mass is 410 g/mol. The maximum absolute atomic E-state index is 11.2. The van der Waals surface area contributed by atoms with E-state index in [1.807, 2.05) is 0 Å². The summed E-state index contributed by atoms with van der Waals surface area (Å²) in [4.78, 5) is 11.2. The molecule has 0 unspecified atom stereocenters. The van der Waals surface area contributed by atoms with E-state index in [0.717, 1.165) is 0 Å². The molecule has 0 heterocycles. The van der Waals surface area contributed by atoms with Crippen LogP contribution in [0.15, 0.2) is 12.2 Å². The summed E-state index contributed by atoms with van der Waals surface area (Å²) >= 11 is 2.25. The number of carbonyl (C=O) groups excluding carboxylic acids is 1. The Hall–Kier alpha value is 1.16. The van der Waals surface area contributed by atoms with Crippen LogP contribution in [0.5, 0.6) is 0 Å². The molecule has 0 aromatic rings. The number of hydrogen-bond donors (Lipinski definition) is 0. The number of rotatable bonds is 5. The van der Waals surface area contributed by atoms with E-state index in [-0.39, 0.29) is 9.85 Å². The fourth-order valence-corrected chi connectivity index (χ4v) is 5.14. The van der Waals surface area contributed by atoms with Gasteiger partial charge in [-0.1, -0.05) is 0 Å². The molecule has 0 rings (SSSR count). The summed E-state index contributed by atoms with van der Waals surface area (Å²) in [5.74, 6) is -0.336. The van der Waals surface area contributed by atoms with Gasteiger partial charge in [0.05, 0.1) is 0 Å². The van der Waals surface area contributed by atoms with Gasteiger partial charge in [0.25, 0.3) is 0 Å². The van der Waals surface area contributed by atoms with Crippen LogP contribution in [0.25, 0.3) is 0 Å². The number of hydrogen-bond acceptors (Lipinski definition) is 2. The average Bonchev–Trinajstić information content (AvgIpc) is 2.12. The zero-order valence-corrected chi connectivity index (χ0v) is 13.6. The molecule has 0 saturated carbocycles. The molecular weight excluding hydrogens is 397 g/mol. The van der Waals surface area contributed by atoms with Crippen LogP contribution in [-0.2, 0) is 9.53 Å². The molecule has 90 valence electrons. The SMILES string of the molecule is C/C=C/C(=O)O[C@H](CCl)[C@H](C)[Te](Cl)(Cl)Cl. The van der Waals surface area contributed by atoms with Gasteiger partial charge in [0.15, 0.2) is 0 Å². The maximum atomic E-state index is 11.2. The molecule has 0 aliphatic heterocycles. The van der Waals surface area contributed by atoms with E-state index >= 15 is 0 Å². The second-order valence-electron chi connectivity index (χ2n) is 2.78. The van der Waals surface area contributed by atoms with Crippen molar-refractivity contribution in [3.05, 3.63) is 12.2 Å². The Morgan fingerprint density at radius 3 is 2.33 bits per heavy atom. The second kappa shape index (κ2) is 7.48. The normalized spacial score (nSPS) is 17.5. The molecular formula is C8H12Cl4O2Te. The van der Waals surface area contributed by atoms with Gasteiger partial charge >= 0.3 is 111 Å². The van der Waals surface area contributed by atoms with E-state index in [1.165, 1.54) is 6.08 Å². The molecule has 0 radical (unpaired) electrons. The first kappa shape index (κ1) is 16.2. The zero-order chi connectivity index (χ0) is 12.1.